The smallest absolute Gasteiger partial charge is 0.182 e. The number of aromatic nitrogens is 1. The number of nitrogens with one attached hydrogen (secondary N) is 1. The van der Waals surface area contributed by atoms with Gasteiger partial charge in [0, 0.05) is 43.9 Å². The van der Waals surface area contributed by atoms with Gasteiger partial charge in [-0.1, -0.05) is 0 Å². The number of nitrogens with zero attached hydrogens (tertiary/aromatic N) is 2. The largest absolute Gasteiger partial charge is 0.377 e. The first-order valence-corrected chi connectivity index (χ1v) is 7.12. The monoisotopic (exact) mass is 255 g/mol. The van der Waals surface area contributed by atoms with Gasteiger partial charge in [-0.2, -0.15) is 0 Å². The minimum Gasteiger partial charge on any atom is -0.377 e. The molecule has 1 aliphatic heterocycles. The van der Waals surface area contributed by atoms with Crippen molar-refractivity contribution in [2.24, 2.45) is 0 Å². The fraction of sp³-hybridized carbons (Fsp3) is 0.750. The number of thiazole rings is 1. The molecule has 1 fully saturated rings. The molecule has 0 bridgehead atoms. The molecule has 1 unspecified atom stereocenters. The highest BCUT2D eigenvalue weighted by molar-refractivity contribution is 7.15. The van der Waals surface area contributed by atoms with Gasteiger partial charge in [0.25, 0.3) is 0 Å². The van der Waals surface area contributed by atoms with Crippen molar-refractivity contribution in [2.45, 2.75) is 32.9 Å². The molecule has 2 rings (SSSR count). The van der Waals surface area contributed by atoms with Crippen LogP contribution in [0.25, 0.3) is 0 Å². The van der Waals surface area contributed by atoms with Crippen LogP contribution in [0.4, 0.5) is 5.13 Å². The first-order chi connectivity index (χ1) is 8.28. The highest BCUT2D eigenvalue weighted by Crippen LogP contribution is 2.20. The van der Waals surface area contributed by atoms with E-state index in [4.69, 9.17) is 4.74 Å². The summed E-state index contributed by atoms with van der Waals surface area (Å²) in [5.74, 6) is 0. The first kappa shape index (κ1) is 12.8. The van der Waals surface area contributed by atoms with Gasteiger partial charge in [0.05, 0.1) is 6.10 Å². The zero-order valence-corrected chi connectivity index (χ0v) is 11.4. The molecule has 0 radical (unpaired) electrons. The van der Waals surface area contributed by atoms with Crippen molar-refractivity contribution in [1.29, 1.82) is 0 Å². The van der Waals surface area contributed by atoms with Crippen LogP contribution < -0.4 is 5.32 Å². The van der Waals surface area contributed by atoms with E-state index >= 15 is 0 Å². The zero-order valence-electron chi connectivity index (χ0n) is 10.6. The van der Waals surface area contributed by atoms with E-state index in [1.807, 2.05) is 6.20 Å². The predicted molar refractivity (Wildman–Crippen MR) is 71.6 cm³/mol. The lowest BCUT2D eigenvalue weighted by Gasteiger charge is -2.20. The fourth-order valence-corrected chi connectivity index (χ4v) is 2.98. The minimum absolute atomic E-state index is 0.346. The van der Waals surface area contributed by atoms with E-state index in [1.54, 1.807) is 11.3 Å². The Kier molecular flexibility index (Phi) is 4.76. The summed E-state index contributed by atoms with van der Waals surface area (Å²) in [7, 11) is 0. The van der Waals surface area contributed by atoms with Crippen LogP contribution in [0.2, 0.25) is 0 Å². The maximum Gasteiger partial charge on any atom is 0.182 e. The molecular weight excluding hydrogens is 234 g/mol. The average Bonchev–Trinajstić information content (AvgIpc) is 2.62. The minimum atomic E-state index is 0.346. The summed E-state index contributed by atoms with van der Waals surface area (Å²) in [5, 5.41) is 4.28. The molecule has 17 heavy (non-hydrogen) atoms. The standard InChI is InChI=1S/C12H21N3OS/c1-3-13-12-14-7-11(17-12)9-15-5-4-6-16-10(2)8-15/h7,10H,3-6,8-9H2,1-2H3,(H,13,14). The second-order valence-electron chi connectivity index (χ2n) is 4.43. The van der Waals surface area contributed by atoms with E-state index in [2.05, 4.69) is 29.0 Å². The lowest BCUT2D eigenvalue weighted by Crippen LogP contribution is -2.29. The summed E-state index contributed by atoms with van der Waals surface area (Å²) in [6.07, 6.45) is 3.46. The molecular formula is C12H21N3OS. The summed E-state index contributed by atoms with van der Waals surface area (Å²) < 4.78 is 5.65. The van der Waals surface area contributed by atoms with Gasteiger partial charge in [-0.25, -0.2) is 4.98 Å². The number of rotatable bonds is 4. The summed E-state index contributed by atoms with van der Waals surface area (Å²) in [6, 6.07) is 0. The Hall–Kier alpha value is -0.650. The summed E-state index contributed by atoms with van der Waals surface area (Å²) >= 11 is 1.75. The molecule has 0 aliphatic carbocycles. The van der Waals surface area contributed by atoms with Crippen molar-refractivity contribution in [3.63, 3.8) is 0 Å². The molecule has 0 saturated carbocycles. The zero-order chi connectivity index (χ0) is 12.1. The van der Waals surface area contributed by atoms with Crippen molar-refractivity contribution in [3.8, 4) is 0 Å². The summed E-state index contributed by atoms with van der Waals surface area (Å²) in [4.78, 5) is 8.15. The van der Waals surface area contributed by atoms with Crippen LogP contribution >= 0.6 is 11.3 Å². The maximum atomic E-state index is 5.65. The van der Waals surface area contributed by atoms with E-state index in [0.29, 0.717) is 6.10 Å². The Morgan fingerprint density at radius 2 is 2.53 bits per heavy atom. The number of ether oxygens (including phenoxy) is 1. The van der Waals surface area contributed by atoms with Crippen LogP contribution in [0.1, 0.15) is 25.1 Å². The van der Waals surface area contributed by atoms with Gasteiger partial charge in [-0.15, -0.1) is 11.3 Å². The molecule has 0 aromatic carbocycles. The second kappa shape index (κ2) is 6.33. The van der Waals surface area contributed by atoms with Crippen LogP contribution in [0.3, 0.4) is 0 Å². The maximum absolute atomic E-state index is 5.65. The number of anilines is 1. The average molecular weight is 255 g/mol. The van der Waals surface area contributed by atoms with Gasteiger partial charge >= 0.3 is 0 Å². The van der Waals surface area contributed by atoms with E-state index in [-0.39, 0.29) is 0 Å². The predicted octanol–water partition coefficient (Wildman–Crippen LogP) is 2.19. The van der Waals surface area contributed by atoms with Crippen molar-refractivity contribution in [3.05, 3.63) is 11.1 Å². The molecule has 0 spiro atoms. The second-order valence-corrected chi connectivity index (χ2v) is 5.55. The molecule has 1 N–H and O–H groups in total. The molecule has 1 saturated heterocycles. The molecule has 2 heterocycles. The fourth-order valence-electron chi connectivity index (χ4n) is 2.06. The van der Waals surface area contributed by atoms with Crippen LogP contribution in [-0.2, 0) is 11.3 Å². The third-order valence-electron chi connectivity index (χ3n) is 2.80. The Morgan fingerprint density at radius 3 is 3.35 bits per heavy atom. The highest BCUT2D eigenvalue weighted by atomic mass is 32.1. The van der Waals surface area contributed by atoms with E-state index in [9.17, 15) is 0 Å². The normalized spacial score (nSPS) is 22.4. The third-order valence-corrected chi connectivity index (χ3v) is 3.74. The topological polar surface area (TPSA) is 37.4 Å². The lowest BCUT2D eigenvalue weighted by molar-refractivity contribution is 0.0669. The quantitative estimate of drug-likeness (QED) is 0.895. The van der Waals surface area contributed by atoms with E-state index < -0.39 is 0 Å². The van der Waals surface area contributed by atoms with Gasteiger partial charge in [0.1, 0.15) is 0 Å². The van der Waals surface area contributed by atoms with Gasteiger partial charge in [-0.3, -0.25) is 4.90 Å². The summed E-state index contributed by atoms with van der Waals surface area (Å²) in [6.45, 7) is 9.21. The molecule has 0 amide bonds. The van der Waals surface area contributed by atoms with Crippen molar-refractivity contribution in [2.75, 3.05) is 31.6 Å². The summed E-state index contributed by atoms with van der Waals surface area (Å²) in [5.41, 5.74) is 0. The van der Waals surface area contributed by atoms with Gasteiger partial charge in [-0.05, 0) is 20.3 Å². The molecule has 4 nitrogen and oxygen atoms in total. The Bertz CT molecular complexity index is 342. The Morgan fingerprint density at radius 1 is 1.65 bits per heavy atom. The van der Waals surface area contributed by atoms with Gasteiger partial charge < -0.3 is 10.1 Å². The van der Waals surface area contributed by atoms with Gasteiger partial charge in [0.15, 0.2) is 5.13 Å². The van der Waals surface area contributed by atoms with Crippen LogP contribution in [0, 0.1) is 0 Å². The SMILES string of the molecule is CCNc1ncc(CN2CCCOC(C)C2)s1. The highest BCUT2D eigenvalue weighted by Gasteiger charge is 2.15. The molecule has 1 aromatic rings. The van der Waals surface area contributed by atoms with E-state index in [0.717, 1.165) is 44.3 Å². The van der Waals surface area contributed by atoms with Crippen LogP contribution in [0.5, 0.6) is 0 Å². The third kappa shape index (κ3) is 3.94. The Labute approximate surface area is 107 Å². The van der Waals surface area contributed by atoms with Crippen molar-refractivity contribution in [1.82, 2.24) is 9.88 Å². The van der Waals surface area contributed by atoms with Crippen LogP contribution in [0.15, 0.2) is 6.20 Å². The first-order valence-electron chi connectivity index (χ1n) is 6.30. The van der Waals surface area contributed by atoms with Gasteiger partial charge in [0.2, 0.25) is 0 Å². The molecule has 5 heteroatoms. The Balaban J connectivity index is 1.89. The van der Waals surface area contributed by atoms with E-state index in [1.165, 1.54) is 4.88 Å². The number of hydrogen-bond acceptors (Lipinski definition) is 5. The van der Waals surface area contributed by atoms with Crippen molar-refractivity contribution < 1.29 is 4.74 Å². The lowest BCUT2D eigenvalue weighted by atomic mass is 10.3. The van der Waals surface area contributed by atoms with Crippen molar-refractivity contribution >= 4 is 16.5 Å². The molecule has 1 aliphatic rings. The van der Waals surface area contributed by atoms with Crippen LogP contribution in [-0.4, -0.2) is 42.2 Å². The molecule has 1 aromatic heterocycles. The molecule has 96 valence electrons. The number of hydrogen-bond donors (Lipinski definition) is 1. The molecule has 1 atom stereocenters.